The van der Waals surface area contributed by atoms with Gasteiger partial charge in [-0.3, -0.25) is 4.79 Å². The summed E-state index contributed by atoms with van der Waals surface area (Å²) in [6, 6.07) is 8.88. The number of hydrogen-bond acceptors (Lipinski definition) is 9. The van der Waals surface area contributed by atoms with Crippen LogP contribution >= 0.6 is 0 Å². The summed E-state index contributed by atoms with van der Waals surface area (Å²) in [7, 11) is 3.21. The van der Waals surface area contributed by atoms with Gasteiger partial charge < -0.3 is 38.2 Å². The topological polar surface area (TPSA) is 97.6 Å². The van der Waals surface area contributed by atoms with Crippen LogP contribution in [0.4, 0.5) is 5.69 Å². The average Bonchev–Trinajstić information content (AvgIpc) is 2.88. The van der Waals surface area contributed by atoms with Gasteiger partial charge in [-0.25, -0.2) is 0 Å². The van der Waals surface area contributed by atoms with Gasteiger partial charge in [0.25, 0.3) is 0 Å². The van der Waals surface area contributed by atoms with Crippen LogP contribution in [0.15, 0.2) is 51.9 Å². The van der Waals surface area contributed by atoms with Gasteiger partial charge in [0.1, 0.15) is 23.3 Å². The predicted octanol–water partition coefficient (Wildman–Crippen LogP) is 4.68. The van der Waals surface area contributed by atoms with Crippen LogP contribution < -0.4 is 20.2 Å². The van der Waals surface area contributed by atoms with Gasteiger partial charge in [0, 0.05) is 37.6 Å². The second-order valence-corrected chi connectivity index (χ2v) is 9.08. The summed E-state index contributed by atoms with van der Waals surface area (Å²) < 4.78 is 38.2. The highest BCUT2D eigenvalue weighted by Gasteiger charge is 2.23. The van der Waals surface area contributed by atoms with Gasteiger partial charge >= 0.3 is 0 Å². The van der Waals surface area contributed by atoms with Crippen molar-refractivity contribution in [2.45, 2.75) is 19.4 Å². The molecule has 198 valence electrons. The number of methoxy groups -OCH3 is 2. The Morgan fingerprint density at radius 3 is 2.35 bits per heavy atom. The minimum absolute atomic E-state index is 0.0143. The quantitative estimate of drug-likeness (QED) is 0.259. The lowest BCUT2D eigenvalue weighted by Crippen LogP contribution is -2.30. The van der Waals surface area contributed by atoms with Gasteiger partial charge in [-0.05, 0) is 37.6 Å². The van der Waals surface area contributed by atoms with Gasteiger partial charge in [0.15, 0.2) is 13.6 Å². The van der Waals surface area contributed by atoms with E-state index in [1.54, 1.807) is 32.4 Å². The average molecular weight is 512 g/mol. The zero-order valence-electron chi connectivity index (χ0n) is 21.6. The maximum atomic E-state index is 13.5. The SMILES string of the molecule is COCCOCOc1ccc2c(=O)c(-c3cc4c(cc3OCOCCOC)NC(C)(C)C=C4)coc2c1. The van der Waals surface area contributed by atoms with E-state index in [1.807, 2.05) is 18.2 Å². The molecule has 0 saturated carbocycles. The first kappa shape index (κ1) is 26.7. The van der Waals surface area contributed by atoms with E-state index in [2.05, 4.69) is 25.2 Å². The molecule has 0 aliphatic carbocycles. The van der Waals surface area contributed by atoms with E-state index < -0.39 is 0 Å². The second-order valence-electron chi connectivity index (χ2n) is 9.08. The molecule has 0 bridgehead atoms. The molecule has 0 fully saturated rings. The lowest BCUT2D eigenvalue weighted by molar-refractivity contribution is -0.00849. The maximum absolute atomic E-state index is 13.5. The minimum Gasteiger partial charge on any atom is -0.467 e. The van der Waals surface area contributed by atoms with Crippen LogP contribution in [0.5, 0.6) is 11.5 Å². The molecule has 0 atom stereocenters. The second kappa shape index (κ2) is 12.2. The molecule has 9 nitrogen and oxygen atoms in total. The van der Waals surface area contributed by atoms with Crippen LogP contribution in [-0.4, -0.2) is 59.8 Å². The lowest BCUT2D eigenvalue weighted by atomic mass is 9.93. The van der Waals surface area contributed by atoms with Crippen molar-refractivity contribution in [1.82, 2.24) is 0 Å². The summed E-state index contributed by atoms with van der Waals surface area (Å²) in [4.78, 5) is 13.5. The first-order valence-electron chi connectivity index (χ1n) is 12.0. The molecule has 1 aliphatic rings. The number of ether oxygens (including phenoxy) is 6. The molecule has 1 aliphatic heterocycles. The van der Waals surface area contributed by atoms with Crippen molar-refractivity contribution < 1.29 is 32.8 Å². The smallest absolute Gasteiger partial charge is 0.200 e. The highest BCUT2D eigenvalue weighted by molar-refractivity contribution is 5.87. The van der Waals surface area contributed by atoms with Crippen molar-refractivity contribution in [3.63, 3.8) is 0 Å². The first-order valence-corrected chi connectivity index (χ1v) is 12.0. The number of hydrogen-bond donors (Lipinski definition) is 1. The van der Waals surface area contributed by atoms with Gasteiger partial charge in [0.05, 0.1) is 42.9 Å². The van der Waals surface area contributed by atoms with Crippen molar-refractivity contribution in [1.29, 1.82) is 0 Å². The Morgan fingerprint density at radius 2 is 1.62 bits per heavy atom. The van der Waals surface area contributed by atoms with E-state index in [-0.39, 0.29) is 24.6 Å². The van der Waals surface area contributed by atoms with Gasteiger partial charge in [-0.15, -0.1) is 0 Å². The molecule has 3 aromatic rings. The monoisotopic (exact) mass is 511 g/mol. The molecule has 0 amide bonds. The molecule has 37 heavy (non-hydrogen) atoms. The molecule has 0 spiro atoms. The normalized spacial score (nSPS) is 13.8. The largest absolute Gasteiger partial charge is 0.467 e. The molecule has 4 rings (SSSR count). The third-order valence-electron chi connectivity index (χ3n) is 5.79. The number of nitrogens with one attached hydrogen (secondary N) is 1. The fraction of sp³-hybridized carbons (Fsp3) is 0.393. The van der Waals surface area contributed by atoms with Crippen molar-refractivity contribution >= 4 is 22.7 Å². The maximum Gasteiger partial charge on any atom is 0.200 e. The Balaban J connectivity index is 1.64. The molecular weight excluding hydrogens is 478 g/mol. The fourth-order valence-electron chi connectivity index (χ4n) is 3.86. The zero-order chi connectivity index (χ0) is 26.3. The third-order valence-corrected chi connectivity index (χ3v) is 5.79. The predicted molar refractivity (Wildman–Crippen MR) is 141 cm³/mol. The first-order chi connectivity index (χ1) is 17.9. The minimum atomic E-state index is -0.211. The van der Waals surface area contributed by atoms with E-state index in [0.29, 0.717) is 60.0 Å². The summed E-state index contributed by atoms with van der Waals surface area (Å²) >= 11 is 0. The highest BCUT2D eigenvalue weighted by Crippen LogP contribution is 2.38. The summed E-state index contributed by atoms with van der Waals surface area (Å²) in [6.45, 7) is 6.00. The Hall–Kier alpha value is -3.37. The van der Waals surface area contributed by atoms with E-state index >= 15 is 0 Å². The van der Waals surface area contributed by atoms with Crippen LogP contribution in [0.2, 0.25) is 0 Å². The van der Waals surface area contributed by atoms with E-state index in [4.69, 9.17) is 32.8 Å². The zero-order valence-corrected chi connectivity index (χ0v) is 21.6. The third kappa shape index (κ3) is 6.69. The van der Waals surface area contributed by atoms with E-state index in [9.17, 15) is 4.79 Å². The van der Waals surface area contributed by atoms with Crippen molar-refractivity contribution in [3.05, 3.63) is 58.5 Å². The lowest BCUT2D eigenvalue weighted by Gasteiger charge is -2.29. The molecule has 1 N–H and O–H groups in total. The molecular formula is C28H33NO8. The molecule has 9 heteroatoms. The van der Waals surface area contributed by atoms with Crippen LogP contribution in [0, 0.1) is 0 Å². The Bertz CT molecular complexity index is 1300. The van der Waals surface area contributed by atoms with E-state index in [1.165, 1.54) is 6.26 Å². The van der Waals surface area contributed by atoms with Crippen molar-refractivity contribution in [3.8, 4) is 22.6 Å². The number of rotatable bonds is 13. The van der Waals surface area contributed by atoms with Gasteiger partial charge in [0.2, 0.25) is 5.43 Å². The molecule has 0 saturated heterocycles. The van der Waals surface area contributed by atoms with Crippen LogP contribution in [-0.2, 0) is 18.9 Å². The summed E-state index contributed by atoms with van der Waals surface area (Å²) in [5, 5.41) is 3.91. The number of anilines is 1. The Labute approximate surface area is 215 Å². The van der Waals surface area contributed by atoms with Gasteiger partial charge in [-0.1, -0.05) is 12.2 Å². The molecule has 0 unspecified atom stereocenters. The Kier molecular flexibility index (Phi) is 8.83. The van der Waals surface area contributed by atoms with Crippen LogP contribution in [0.3, 0.4) is 0 Å². The summed E-state index contributed by atoms with van der Waals surface area (Å²) in [5.41, 5.74) is 2.87. The molecule has 1 aromatic heterocycles. The summed E-state index contributed by atoms with van der Waals surface area (Å²) in [5.74, 6) is 1.04. The van der Waals surface area contributed by atoms with Crippen LogP contribution in [0.25, 0.3) is 28.2 Å². The molecule has 0 radical (unpaired) electrons. The molecule has 2 aromatic carbocycles. The van der Waals surface area contributed by atoms with Crippen molar-refractivity contribution in [2.75, 3.05) is 59.5 Å². The Morgan fingerprint density at radius 1 is 0.892 bits per heavy atom. The summed E-state index contributed by atoms with van der Waals surface area (Å²) in [6.07, 6.45) is 5.57. The van der Waals surface area contributed by atoms with Crippen molar-refractivity contribution in [2.24, 2.45) is 0 Å². The number of benzene rings is 2. The van der Waals surface area contributed by atoms with Gasteiger partial charge in [-0.2, -0.15) is 0 Å². The standard InChI is InChI=1S/C28H33NO8/c1-28(2)8-7-19-13-22(26(15-24(19)29-28)37-18-34-12-10-32-4)23-16-35-25-14-20(5-6-21(25)27(23)30)36-17-33-11-9-31-3/h5-8,13-16,29H,9-12,17-18H2,1-4H3. The fourth-order valence-corrected chi connectivity index (χ4v) is 3.86. The number of fused-ring (bicyclic) bond motifs is 2. The van der Waals surface area contributed by atoms with E-state index in [0.717, 1.165) is 11.3 Å². The van der Waals surface area contributed by atoms with Crippen LogP contribution in [0.1, 0.15) is 19.4 Å². The molecule has 2 heterocycles. The highest BCUT2D eigenvalue weighted by atomic mass is 16.7.